The molecule has 0 amide bonds. The van der Waals surface area contributed by atoms with Gasteiger partial charge in [-0.15, -0.1) is 0 Å². The number of furan rings is 1. The molecule has 0 radical (unpaired) electrons. The number of rotatable bonds is 0. The second-order valence-corrected chi connectivity index (χ2v) is 4.25. The summed E-state index contributed by atoms with van der Waals surface area (Å²) in [4.78, 5) is 4.04. The van der Waals surface area contributed by atoms with Crippen molar-refractivity contribution in [2.75, 3.05) is 0 Å². The lowest BCUT2D eigenvalue weighted by Crippen LogP contribution is -1.72. The van der Waals surface area contributed by atoms with Crippen LogP contribution in [0.4, 0.5) is 0 Å². The second kappa shape index (κ2) is 2.95. The molecule has 0 bridgehead atoms. The molecule has 2 aromatic heterocycles. The first kappa shape index (κ1) is 8.23. The van der Waals surface area contributed by atoms with E-state index in [0.29, 0.717) is 0 Å². The monoisotopic (exact) mass is 295 g/mol. The van der Waals surface area contributed by atoms with Gasteiger partial charge in [-0.05, 0) is 40.8 Å². The quantitative estimate of drug-likeness (QED) is 0.592. The van der Waals surface area contributed by atoms with Gasteiger partial charge in [0.15, 0.2) is 5.58 Å². The highest BCUT2D eigenvalue weighted by Crippen LogP contribution is 2.30. The Morgan fingerprint density at radius 3 is 3.00 bits per heavy atom. The zero-order valence-corrected chi connectivity index (χ0v) is 9.36. The van der Waals surface area contributed by atoms with Gasteiger partial charge >= 0.3 is 0 Å². The molecule has 68 valence electrons. The third-order valence-corrected chi connectivity index (χ3v) is 3.15. The fourth-order valence-electron chi connectivity index (χ4n) is 1.64. The van der Waals surface area contributed by atoms with Gasteiger partial charge in [-0.1, -0.05) is 6.07 Å². The Hall–Kier alpha value is -1.10. The van der Waals surface area contributed by atoms with Crippen molar-refractivity contribution in [2.45, 2.75) is 0 Å². The molecule has 14 heavy (non-hydrogen) atoms. The van der Waals surface area contributed by atoms with Crippen LogP contribution in [0.3, 0.4) is 0 Å². The van der Waals surface area contributed by atoms with E-state index in [1.54, 1.807) is 12.4 Å². The fourth-order valence-corrected chi connectivity index (χ4v) is 2.40. The largest absolute Gasteiger partial charge is 0.454 e. The minimum atomic E-state index is 0.853. The topological polar surface area (TPSA) is 26.0 Å². The number of hydrogen-bond acceptors (Lipinski definition) is 2. The summed E-state index contributed by atoms with van der Waals surface area (Å²) in [5.41, 5.74) is 1.78. The standard InChI is InChI=1S/C11H6INO/c12-8-2-1-3-9-11(8)7-4-5-13-6-10(7)14-9/h1-6H. The van der Waals surface area contributed by atoms with E-state index in [-0.39, 0.29) is 0 Å². The van der Waals surface area contributed by atoms with Crippen molar-refractivity contribution in [3.8, 4) is 0 Å². The van der Waals surface area contributed by atoms with Crippen molar-refractivity contribution in [3.05, 3.63) is 40.2 Å². The van der Waals surface area contributed by atoms with Crippen LogP contribution in [0.2, 0.25) is 0 Å². The Kier molecular flexibility index (Phi) is 1.73. The Morgan fingerprint density at radius 2 is 2.07 bits per heavy atom. The maximum Gasteiger partial charge on any atom is 0.153 e. The molecule has 0 saturated heterocycles. The predicted octanol–water partition coefficient (Wildman–Crippen LogP) is 3.59. The first-order valence-corrected chi connectivity index (χ1v) is 5.35. The first-order valence-electron chi connectivity index (χ1n) is 4.27. The molecule has 0 aliphatic rings. The number of fused-ring (bicyclic) bond motifs is 3. The van der Waals surface area contributed by atoms with E-state index in [0.717, 1.165) is 16.6 Å². The van der Waals surface area contributed by atoms with Crippen molar-refractivity contribution in [1.82, 2.24) is 4.98 Å². The second-order valence-electron chi connectivity index (χ2n) is 3.09. The molecule has 0 aliphatic carbocycles. The number of hydrogen-bond donors (Lipinski definition) is 0. The minimum Gasteiger partial charge on any atom is -0.454 e. The van der Waals surface area contributed by atoms with Crippen molar-refractivity contribution in [3.63, 3.8) is 0 Å². The number of pyridine rings is 1. The molecule has 0 atom stereocenters. The van der Waals surface area contributed by atoms with Gasteiger partial charge in [0, 0.05) is 20.5 Å². The Bertz CT molecular complexity index is 615. The summed E-state index contributed by atoms with van der Waals surface area (Å²) in [5.74, 6) is 0. The van der Waals surface area contributed by atoms with Crippen molar-refractivity contribution in [2.24, 2.45) is 0 Å². The Morgan fingerprint density at radius 1 is 1.14 bits per heavy atom. The lowest BCUT2D eigenvalue weighted by atomic mass is 10.2. The van der Waals surface area contributed by atoms with E-state index in [2.05, 4.69) is 33.6 Å². The summed E-state index contributed by atoms with van der Waals surface area (Å²) in [6.07, 6.45) is 3.55. The molecule has 3 aromatic rings. The van der Waals surface area contributed by atoms with Crippen LogP contribution in [-0.4, -0.2) is 4.98 Å². The Balaban J connectivity index is 2.65. The summed E-state index contributed by atoms with van der Waals surface area (Å²) < 4.78 is 6.88. The lowest BCUT2D eigenvalue weighted by molar-refractivity contribution is 0.667. The molecule has 1 aromatic carbocycles. The van der Waals surface area contributed by atoms with Crippen LogP contribution in [0, 0.1) is 3.57 Å². The van der Waals surface area contributed by atoms with E-state index in [4.69, 9.17) is 4.42 Å². The zero-order valence-electron chi connectivity index (χ0n) is 7.20. The molecule has 0 saturated carbocycles. The highest BCUT2D eigenvalue weighted by atomic mass is 127. The smallest absolute Gasteiger partial charge is 0.153 e. The molecule has 0 aliphatic heterocycles. The van der Waals surface area contributed by atoms with Crippen LogP contribution < -0.4 is 0 Å². The van der Waals surface area contributed by atoms with Gasteiger partial charge < -0.3 is 4.42 Å². The molecule has 2 heterocycles. The minimum absolute atomic E-state index is 0.853. The lowest BCUT2D eigenvalue weighted by Gasteiger charge is -1.91. The summed E-state index contributed by atoms with van der Waals surface area (Å²) in [6, 6.07) is 8.05. The highest BCUT2D eigenvalue weighted by Gasteiger charge is 2.08. The van der Waals surface area contributed by atoms with Gasteiger partial charge in [0.25, 0.3) is 0 Å². The van der Waals surface area contributed by atoms with Gasteiger partial charge in [-0.3, -0.25) is 4.98 Å². The van der Waals surface area contributed by atoms with Crippen LogP contribution >= 0.6 is 22.6 Å². The molecular formula is C11H6INO. The van der Waals surface area contributed by atoms with Crippen LogP contribution in [0.1, 0.15) is 0 Å². The van der Waals surface area contributed by atoms with Gasteiger partial charge in [0.2, 0.25) is 0 Å². The summed E-state index contributed by atoms with van der Waals surface area (Å²) >= 11 is 2.32. The number of halogens is 1. The van der Waals surface area contributed by atoms with Crippen molar-refractivity contribution < 1.29 is 4.42 Å². The molecular weight excluding hydrogens is 289 g/mol. The van der Waals surface area contributed by atoms with Gasteiger partial charge in [-0.2, -0.15) is 0 Å². The number of benzene rings is 1. The average molecular weight is 295 g/mol. The molecule has 2 nitrogen and oxygen atoms in total. The number of aromatic nitrogens is 1. The maximum absolute atomic E-state index is 5.67. The van der Waals surface area contributed by atoms with E-state index >= 15 is 0 Å². The van der Waals surface area contributed by atoms with E-state index in [1.807, 2.05) is 18.2 Å². The van der Waals surface area contributed by atoms with Gasteiger partial charge in [-0.25, -0.2) is 0 Å². The third-order valence-electron chi connectivity index (χ3n) is 2.25. The van der Waals surface area contributed by atoms with Crippen LogP contribution in [-0.2, 0) is 0 Å². The molecule has 0 fully saturated rings. The molecule has 0 spiro atoms. The number of nitrogens with zero attached hydrogens (tertiary/aromatic N) is 1. The van der Waals surface area contributed by atoms with E-state index in [9.17, 15) is 0 Å². The fraction of sp³-hybridized carbons (Fsp3) is 0. The third kappa shape index (κ3) is 1.05. The molecule has 0 N–H and O–H groups in total. The highest BCUT2D eigenvalue weighted by molar-refractivity contribution is 14.1. The summed E-state index contributed by atoms with van der Waals surface area (Å²) in [6.45, 7) is 0. The molecule has 3 heteroatoms. The van der Waals surface area contributed by atoms with Gasteiger partial charge in [0.05, 0.1) is 6.20 Å². The predicted molar refractivity (Wildman–Crippen MR) is 64.2 cm³/mol. The Labute approximate surface area is 94.1 Å². The van der Waals surface area contributed by atoms with Gasteiger partial charge in [0.1, 0.15) is 5.58 Å². The summed E-state index contributed by atoms with van der Waals surface area (Å²) in [7, 11) is 0. The van der Waals surface area contributed by atoms with E-state index < -0.39 is 0 Å². The SMILES string of the molecule is Ic1cccc2oc3cnccc3c12. The van der Waals surface area contributed by atoms with Crippen LogP contribution in [0.25, 0.3) is 21.9 Å². The van der Waals surface area contributed by atoms with Crippen molar-refractivity contribution >= 4 is 44.5 Å². The molecule has 0 unspecified atom stereocenters. The first-order chi connectivity index (χ1) is 6.86. The maximum atomic E-state index is 5.67. The van der Waals surface area contributed by atoms with Crippen molar-refractivity contribution in [1.29, 1.82) is 0 Å². The normalized spacial score (nSPS) is 11.2. The van der Waals surface area contributed by atoms with Crippen LogP contribution in [0.5, 0.6) is 0 Å². The summed E-state index contributed by atoms with van der Waals surface area (Å²) in [5, 5.41) is 2.32. The van der Waals surface area contributed by atoms with E-state index in [1.165, 1.54) is 8.96 Å². The van der Waals surface area contributed by atoms with Crippen LogP contribution in [0.15, 0.2) is 41.1 Å². The average Bonchev–Trinajstić information content (AvgIpc) is 2.57. The molecule has 3 rings (SSSR count). The zero-order chi connectivity index (χ0) is 9.54.